The Hall–Kier alpha value is -1.59. The first kappa shape index (κ1) is 15.8. The van der Waals surface area contributed by atoms with Crippen molar-refractivity contribution in [2.45, 2.75) is 38.5 Å². The van der Waals surface area contributed by atoms with Crippen molar-refractivity contribution in [3.05, 3.63) is 35.9 Å². The standard InChI is InChI=1S/C16H24N2O3/c1-12(10-19)9-17-14-7-15(8-14)18-16(20)21-11-13-5-3-2-4-6-13/h2-6,12,14-15,17,19H,7-11H2,1H3,(H,18,20). The van der Waals surface area contributed by atoms with Crippen molar-refractivity contribution < 1.29 is 14.6 Å². The summed E-state index contributed by atoms with van der Waals surface area (Å²) in [6.07, 6.45) is 1.47. The zero-order chi connectivity index (χ0) is 15.1. The summed E-state index contributed by atoms with van der Waals surface area (Å²) < 4.78 is 5.18. The molecule has 1 aromatic rings. The summed E-state index contributed by atoms with van der Waals surface area (Å²) in [5.74, 6) is 0.271. The van der Waals surface area contributed by atoms with Crippen molar-refractivity contribution in [2.24, 2.45) is 5.92 Å². The zero-order valence-electron chi connectivity index (χ0n) is 12.4. The molecule has 1 amide bonds. The van der Waals surface area contributed by atoms with Gasteiger partial charge in [0, 0.05) is 25.2 Å². The van der Waals surface area contributed by atoms with Crippen LogP contribution in [-0.2, 0) is 11.3 Å². The molecule has 1 unspecified atom stereocenters. The number of nitrogens with one attached hydrogen (secondary N) is 2. The SMILES string of the molecule is CC(CO)CNC1CC(NC(=O)OCc2ccccc2)C1. The number of benzene rings is 1. The van der Waals surface area contributed by atoms with E-state index < -0.39 is 0 Å². The molecule has 0 aliphatic heterocycles. The van der Waals surface area contributed by atoms with Crippen LogP contribution in [0, 0.1) is 5.92 Å². The molecule has 1 aliphatic rings. The minimum Gasteiger partial charge on any atom is -0.445 e. The number of amides is 1. The summed E-state index contributed by atoms with van der Waals surface area (Å²) in [4.78, 5) is 11.7. The number of aliphatic hydroxyl groups is 1. The molecule has 1 saturated carbocycles. The molecule has 0 heterocycles. The molecule has 0 aromatic heterocycles. The number of aliphatic hydroxyl groups excluding tert-OH is 1. The number of alkyl carbamates (subject to hydrolysis) is 1. The van der Waals surface area contributed by atoms with Crippen LogP contribution in [0.15, 0.2) is 30.3 Å². The lowest BCUT2D eigenvalue weighted by atomic mass is 9.86. The molecule has 3 N–H and O–H groups in total. The molecular weight excluding hydrogens is 268 g/mol. The summed E-state index contributed by atoms with van der Waals surface area (Å²) in [6, 6.07) is 10.3. The van der Waals surface area contributed by atoms with Gasteiger partial charge in [0.1, 0.15) is 6.61 Å². The minimum absolute atomic E-state index is 0.190. The van der Waals surface area contributed by atoms with Crippen LogP contribution in [0.25, 0.3) is 0 Å². The van der Waals surface area contributed by atoms with Crippen LogP contribution in [0.4, 0.5) is 4.79 Å². The lowest BCUT2D eigenvalue weighted by Gasteiger charge is -2.36. The second-order valence-corrected chi connectivity index (χ2v) is 5.77. The molecule has 21 heavy (non-hydrogen) atoms. The average molecular weight is 292 g/mol. The molecule has 0 bridgehead atoms. The first-order chi connectivity index (χ1) is 10.2. The lowest BCUT2D eigenvalue weighted by Crippen LogP contribution is -2.53. The Morgan fingerprint density at radius 2 is 2.05 bits per heavy atom. The van der Waals surface area contributed by atoms with Gasteiger partial charge in [-0.3, -0.25) is 0 Å². The minimum atomic E-state index is -0.356. The second kappa shape index (κ2) is 8.00. The van der Waals surface area contributed by atoms with Crippen LogP contribution < -0.4 is 10.6 Å². The monoisotopic (exact) mass is 292 g/mol. The van der Waals surface area contributed by atoms with Crippen LogP contribution >= 0.6 is 0 Å². The van der Waals surface area contributed by atoms with Gasteiger partial charge in [-0.05, 0) is 24.3 Å². The maximum atomic E-state index is 11.7. The van der Waals surface area contributed by atoms with Crippen molar-refractivity contribution in [2.75, 3.05) is 13.2 Å². The molecule has 116 valence electrons. The smallest absolute Gasteiger partial charge is 0.407 e. The van der Waals surface area contributed by atoms with Gasteiger partial charge in [0.25, 0.3) is 0 Å². The van der Waals surface area contributed by atoms with E-state index in [0.29, 0.717) is 12.6 Å². The highest BCUT2D eigenvalue weighted by molar-refractivity contribution is 5.67. The molecule has 0 spiro atoms. The molecule has 1 atom stereocenters. The van der Waals surface area contributed by atoms with E-state index >= 15 is 0 Å². The molecule has 1 fully saturated rings. The third-order valence-electron chi connectivity index (χ3n) is 3.74. The Labute approximate surface area is 125 Å². The average Bonchev–Trinajstić information content (AvgIpc) is 2.48. The molecule has 1 aliphatic carbocycles. The highest BCUT2D eigenvalue weighted by Crippen LogP contribution is 2.20. The Morgan fingerprint density at radius 1 is 1.33 bits per heavy atom. The van der Waals surface area contributed by atoms with Crippen molar-refractivity contribution in [1.29, 1.82) is 0 Å². The van der Waals surface area contributed by atoms with E-state index in [0.717, 1.165) is 24.9 Å². The van der Waals surface area contributed by atoms with Crippen LogP contribution in [0.1, 0.15) is 25.3 Å². The van der Waals surface area contributed by atoms with Crippen molar-refractivity contribution in [3.8, 4) is 0 Å². The van der Waals surface area contributed by atoms with Gasteiger partial charge in [-0.2, -0.15) is 0 Å². The van der Waals surface area contributed by atoms with E-state index in [2.05, 4.69) is 10.6 Å². The zero-order valence-corrected chi connectivity index (χ0v) is 12.4. The molecule has 1 aromatic carbocycles. The van der Waals surface area contributed by atoms with Crippen LogP contribution in [0.2, 0.25) is 0 Å². The Kier molecular flexibility index (Phi) is 6.02. The highest BCUT2D eigenvalue weighted by Gasteiger charge is 2.30. The van der Waals surface area contributed by atoms with Crippen molar-refractivity contribution in [3.63, 3.8) is 0 Å². The number of carbonyl (C=O) groups is 1. The molecule has 5 heteroatoms. The number of hydrogen-bond donors (Lipinski definition) is 3. The van der Waals surface area contributed by atoms with Crippen LogP contribution in [0.5, 0.6) is 0 Å². The van der Waals surface area contributed by atoms with Gasteiger partial charge in [-0.1, -0.05) is 37.3 Å². The maximum Gasteiger partial charge on any atom is 0.407 e. The number of hydrogen-bond acceptors (Lipinski definition) is 4. The summed E-state index contributed by atoms with van der Waals surface area (Å²) in [5.41, 5.74) is 0.985. The normalized spacial score (nSPS) is 22.2. The van der Waals surface area contributed by atoms with E-state index in [1.165, 1.54) is 0 Å². The Morgan fingerprint density at radius 3 is 2.71 bits per heavy atom. The molecule has 0 radical (unpaired) electrons. The maximum absolute atomic E-state index is 11.7. The molecule has 2 rings (SSSR count). The van der Waals surface area contributed by atoms with Gasteiger partial charge >= 0.3 is 6.09 Å². The highest BCUT2D eigenvalue weighted by atomic mass is 16.5. The van der Waals surface area contributed by atoms with E-state index in [4.69, 9.17) is 9.84 Å². The van der Waals surface area contributed by atoms with Gasteiger partial charge < -0.3 is 20.5 Å². The third kappa shape index (κ3) is 5.36. The van der Waals surface area contributed by atoms with E-state index in [1.54, 1.807) is 0 Å². The van der Waals surface area contributed by atoms with Crippen molar-refractivity contribution >= 4 is 6.09 Å². The molecule has 0 saturated heterocycles. The summed E-state index contributed by atoms with van der Waals surface area (Å²) >= 11 is 0. The van der Waals surface area contributed by atoms with E-state index in [9.17, 15) is 4.79 Å². The number of ether oxygens (including phenoxy) is 1. The topological polar surface area (TPSA) is 70.6 Å². The van der Waals surface area contributed by atoms with Gasteiger partial charge in [0.15, 0.2) is 0 Å². The van der Waals surface area contributed by atoms with Gasteiger partial charge in [0.2, 0.25) is 0 Å². The van der Waals surface area contributed by atoms with E-state index in [-0.39, 0.29) is 24.7 Å². The Balaban J connectivity index is 1.56. The largest absolute Gasteiger partial charge is 0.445 e. The first-order valence-electron chi connectivity index (χ1n) is 7.49. The predicted octanol–water partition coefficient (Wildman–Crippen LogP) is 1.66. The lowest BCUT2D eigenvalue weighted by molar-refractivity contribution is 0.124. The van der Waals surface area contributed by atoms with Crippen molar-refractivity contribution in [1.82, 2.24) is 10.6 Å². The van der Waals surface area contributed by atoms with Gasteiger partial charge in [-0.25, -0.2) is 4.79 Å². The molecular formula is C16H24N2O3. The predicted molar refractivity (Wildman–Crippen MR) is 80.8 cm³/mol. The number of rotatable bonds is 7. The summed E-state index contributed by atoms with van der Waals surface area (Å²) in [5, 5.41) is 15.2. The second-order valence-electron chi connectivity index (χ2n) is 5.77. The quantitative estimate of drug-likeness (QED) is 0.715. The summed E-state index contributed by atoms with van der Waals surface area (Å²) in [7, 11) is 0. The third-order valence-corrected chi connectivity index (χ3v) is 3.74. The van der Waals surface area contributed by atoms with Gasteiger partial charge in [-0.15, -0.1) is 0 Å². The van der Waals surface area contributed by atoms with Crippen LogP contribution in [-0.4, -0.2) is 36.4 Å². The fourth-order valence-electron chi connectivity index (χ4n) is 2.27. The fraction of sp³-hybridized carbons (Fsp3) is 0.562. The van der Waals surface area contributed by atoms with Crippen LogP contribution in [0.3, 0.4) is 0 Å². The fourth-order valence-corrected chi connectivity index (χ4v) is 2.27. The number of carbonyl (C=O) groups excluding carboxylic acids is 1. The first-order valence-corrected chi connectivity index (χ1v) is 7.49. The summed E-state index contributed by atoms with van der Waals surface area (Å²) in [6.45, 7) is 3.32. The Bertz CT molecular complexity index is 432. The molecule has 5 nitrogen and oxygen atoms in total. The van der Waals surface area contributed by atoms with E-state index in [1.807, 2.05) is 37.3 Å². The van der Waals surface area contributed by atoms with Gasteiger partial charge in [0.05, 0.1) is 0 Å².